The van der Waals surface area contributed by atoms with E-state index in [-0.39, 0.29) is 9.52 Å². The molecular weight excluding hydrogens is 1130 g/mol. The Labute approximate surface area is 527 Å². The van der Waals surface area contributed by atoms with E-state index in [4.69, 9.17) is 12.7 Å². The Bertz CT molecular complexity index is 1730. The van der Waals surface area contributed by atoms with Crippen molar-refractivity contribution in [1.82, 2.24) is 0 Å². The highest BCUT2D eigenvalue weighted by Gasteiger charge is 2.39. The molecule has 0 aromatic heterocycles. The zero-order valence-electron chi connectivity index (χ0n) is 57.7. The van der Waals surface area contributed by atoms with Gasteiger partial charge in [-0.3, -0.25) is 0 Å². The number of rotatable bonds is 32. The molecule has 0 fully saturated rings. The molecule has 82 heavy (non-hydrogen) atoms. The van der Waals surface area contributed by atoms with Crippen LogP contribution in [-0.2, 0) is 17.2 Å². The summed E-state index contributed by atoms with van der Waals surface area (Å²) in [5.41, 5.74) is 0. The van der Waals surface area contributed by atoms with E-state index in [1.807, 2.05) is 53.7 Å². The lowest BCUT2D eigenvalue weighted by Gasteiger charge is -2.38. The summed E-state index contributed by atoms with van der Waals surface area (Å²) in [5.74, 6) is 0. The van der Waals surface area contributed by atoms with Gasteiger partial charge in [0, 0.05) is 0 Å². The van der Waals surface area contributed by atoms with Crippen molar-refractivity contribution in [1.29, 1.82) is 0 Å². The van der Waals surface area contributed by atoms with Crippen LogP contribution in [0.1, 0.15) is 210 Å². The van der Waals surface area contributed by atoms with Gasteiger partial charge < -0.3 is 17.2 Å². The van der Waals surface area contributed by atoms with Crippen LogP contribution in [0.2, 0.25) is 64.5 Å². The van der Waals surface area contributed by atoms with E-state index in [9.17, 15) is 4.46 Å². The fourth-order valence-electron chi connectivity index (χ4n) is 8.53. The molecule has 472 valence electrons. The van der Waals surface area contributed by atoms with Crippen molar-refractivity contribution >= 4 is 92.3 Å². The highest BCUT2D eigenvalue weighted by atomic mass is 29.1. The van der Waals surface area contributed by atoms with E-state index >= 15 is 0 Å². The average Bonchev–Trinajstić information content (AvgIpc) is 3.59. The van der Waals surface area contributed by atoms with E-state index < -0.39 is 42.2 Å². The third-order valence-electron chi connectivity index (χ3n) is 11.9. The Morgan fingerprint density at radius 3 is 1.00 bits per heavy atom. The lowest BCUT2D eigenvalue weighted by atomic mass is 10.1. The molecule has 0 saturated heterocycles. The van der Waals surface area contributed by atoms with Crippen LogP contribution >= 0.6 is 0 Å². The molecule has 12 heteroatoms. The average molecular weight is 1270 g/mol. The molecule has 0 spiro atoms. The lowest BCUT2D eigenvalue weighted by Crippen LogP contribution is -2.52. The van der Waals surface area contributed by atoms with Crippen LogP contribution < -0.4 is 20.7 Å². The molecule has 0 saturated carbocycles. The zero-order valence-corrected chi connectivity index (χ0v) is 67.7. The summed E-state index contributed by atoms with van der Waals surface area (Å²) < 4.78 is 31.0. The van der Waals surface area contributed by atoms with Gasteiger partial charge in [0.1, 0.15) is 8.80 Å². The van der Waals surface area contributed by atoms with E-state index in [0.29, 0.717) is 10.1 Å². The predicted molar refractivity (Wildman–Crippen MR) is 400 cm³/mol. The van der Waals surface area contributed by atoms with Gasteiger partial charge in [-0.25, -0.2) is 0 Å². The van der Waals surface area contributed by atoms with Crippen LogP contribution in [0.4, 0.5) is 0 Å². The Morgan fingerprint density at radius 2 is 0.720 bits per heavy atom. The second kappa shape index (κ2) is 69.4. The van der Waals surface area contributed by atoms with Gasteiger partial charge in [-0.05, 0) is 84.1 Å². The first-order chi connectivity index (χ1) is 39.4. The van der Waals surface area contributed by atoms with Gasteiger partial charge in [0.2, 0.25) is 18.3 Å². The third kappa shape index (κ3) is 70.1. The van der Waals surface area contributed by atoms with Crippen LogP contribution in [0, 0.1) is 0 Å². The lowest BCUT2D eigenvalue weighted by molar-refractivity contribution is 0.380. The number of hydrogen-bond donors (Lipinski definition) is 0. The summed E-state index contributed by atoms with van der Waals surface area (Å²) in [4.78, 5) is 0. The van der Waals surface area contributed by atoms with Crippen molar-refractivity contribution in [3.63, 3.8) is 0 Å². The predicted octanol–water partition coefficient (Wildman–Crippen LogP) is 18.5. The molecule has 4 rings (SSSR count). The summed E-state index contributed by atoms with van der Waals surface area (Å²) in [5, 5.41) is 6.21. The van der Waals surface area contributed by atoms with Crippen LogP contribution in [0.25, 0.3) is 0 Å². The molecule has 0 atom stereocenters. The van der Waals surface area contributed by atoms with Gasteiger partial charge in [0.05, 0.1) is 19.3 Å². The highest BCUT2D eigenvalue weighted by Crippen LogP contribution is 2.26. The quantitative estimate of drug-likeness (QED) is 0.0278. The minimum Gasteiger partial charge on any atom is -0.437 e. The van der Waals surface area contributed by atoms with Crippen molar-refractivity contribution in [3.8, 4) is 0 Å². The summed E-state index contributed by atoms with van der Waals surface area (Å²) in [6.45, 7) is 46.1. The minimum atomic E-state index is -1.97. The van der Waals surface area contributed by atoms with Gasteiger partial charge in [0.25, 0.3) is 0 Å². The van der Waals surface area contributed by atoms with Gasteiger partial charge in [-0.15, -0.1) is 13.2 Å². The number of benzene rings is 4. The molecule has 0 N–H and O–H groups in total. The van der Waals surface area contributed by atoms with E-state index in [0.717, 1.165) is 9.76 Å². The second-order valence-corrected chi connectivity index (χ2v) is 46.2. The molecule has 0 aliphatic carbocycles. The van der Waals surface area contributed by atoms with Crippen molar-refractivity contribution in [3.05, 3.63) is 147 Å². The summed E-state index contributed by atoms with van der Waals surface area (Å²) >= 11 is 0. The Hall–Kier alpha value is -2.38. The van der Waals surface area contributed by atoms with Crippen LogP contribution in [-0.4, -0.2) is 71.6 Å². The topological polar surface area (TPSA) is 52.6 Å². The van der Waals surface area contributed by atoms with Gasteiger partial charge in [-0.2, -0.15) is 0 Å². The van der Waals surface area contributed by atoms with Crippen LogP contribution in [0.3, 0.4) is 0 Å². The molecule has 4 aromatic rings. The smallest absolute Gasteiger partial charge is 0.314 e. The zero-order chi connectivity index (χ0) is 63.6. The normalized spacial score (nSPS) is 10.1. The number of unbranched alkanes of at least 4 members (excludes halogenated alkanes) is 18. The highest BCUT2D eigenvalue weighted by molar-refractivity contribution is 6.93. The first-order valence-electron chi connectivity index (χ1n) is 33.0. The number of allylic oxidation sites excluding steroid dienone is 2. The monoisotopic (exact) mass is 1260 g/mol. The van der Waals surface area contributed by atoms with Crippen molar-refractivity contribution in [2.24, 2.45) is 0 Å². The maximum atomic E-state index is 9.69. The van der Waals surface area contributed by atoms with Crippen molar-refractivity contribution < 1.29 is 17.2 Å². The number of hydrogen-bond acceptors (Lipinski definition) is 4. The maximum absolute atomic E-state index is 9.69. The SMILES string of the molecule is C=CCCCCCC.C=CCCCCCC.CC.CC.CC.CCCCCCCC[SiH](c1ccccc1)c1ccccc1.CCCCCCCC[Si](C)(O[Si](C)(C)C)O[Si](C)(C)C.C[Si](=O)[SiH3].O=[SiH2].c1ccc([SiH2]c2ccccc2)cc1. The molecule has 0 unspecified atom stereocenters. The minimum absolute atomic E-state index is 0.234. The third-order valence-corrected chi connectivity index (χ3v) is 26.6. The van der Waals surface area contributed by atoms with Crippen molar-refractivity contribution in [2.75, 3.05) is 0 Å². The first-order valence-corrected chi connectivity index (χ1v) is 51.7. The molecular formula is C70H136O4Si8. The molecule has 4 aromatic carbocycles. The Kier molecular flexibility index (Phi) is 76.8. The van der Waals surface area contributed by atoms with Gasteiger partial charge in [0.15, 0.2) is 16.6 Å². The molecule has 0 heterocycles. The standard InChI is InChI=1S/C20H28Si.C15H38O2Si3.C12H12Si.2C8H16.3C2H6.CH6OSi2.H2OSi/c1-2-3-4-5-6-13-18-21(19-14-9-7-10-15-19)20-16-11-8-12-17-20;1-9-10-11-12-13-14-15-20(8,16-18(2,3)4)17-19(5,6)7;1-3-7-11(8-4-1)13-12-9-5-2-6-10-12;2*1-3-5-7-8-6-4-2;3*1-2;1-4(2)3;1-2/h7-12,14-17,21H,2-6,13,18H2,1H3;9-15H2,1-8H3;1-10H,13H2;2*3H,1,4-8H2,2H3;3*1-2H3;1,3H3;2H2. The van der Waals surface area contributed by atoms with E-state index in [2.05, 4.69) is 208 Å². The van der Waals surface area contributed by atoms with E-state index in [1.54, 1.807) is 16.9 Å². The largest absolute Gasteiger partial charge is 0.437 e. The molecule has 0 amide bonds. The van der Waals surface area contributed by atoms with Gasteiger partial charge in [-0.1, -0.05) is 345 Å². The molecule has 0 aliphatic rings. The first kappa shape index (κ1) is 90.8. The molecule has 0 aliphatic heterocycles. The van der Waals surface area contributed by atoms with Crippen LogP contribution in [0.15, 0.2) is 147 Å². The fraction of sp³-hybridized carbons (Fsp3) is 0.600. The molecule has 0 bridgehead atoms. The van der Waals surface area contributed by atoms with E-state index in [1.165, 1.54) is 164 Å². The Morgan fingerprint density at radius 1 is 0.463 bits per heavy atom. The van der Waals surface area contributed by atoms with Crippen molar-refractivity contribution in [2.45, 2.75) is 275 Å². The van der Waals surface area contributed by atoms with Crippen LogP contribution in [0.5, 0.6) is 0 Å². The summed E-state index contributed by atoms with van der Waals surface area (Å²) in [6.07, 6.45) is 33.7. The maximum Gasteiger partial charge on any atom is 0.314 e. The molecule has 0 radical (unpaired) electrons. The Balaban J connectivity index is -0.000000218. The summed E-state index contributed by atoms with van der Waals surface area (Å²) in [7, 11) is -5.72. The summed E-state index contributed by atoms with van der Waals surface area (Å²) in [6, 6.07) is 46.4. The second-order valence-electron chi connectivity index (χ2n) is 22.3. The van der Waals surface area contributed by atoms with Gasteiger partial charge >= 0.3 is 8.56 Å². The fourth-order valence-corrected chi connectivity index (χ4v) is 25.8. The molecule has 4 nitrogen and oxygen atoms in total.